The standard InChI is InChI=1S/C14H23N3O3S/c1-14(2,3)17-13(18)8-9-16-21(19,20)10-11-6-4-5-7-12(11)15/h4-7,16H,8-10,15H2,1-3H3,(H,17,18). The Morgan fingerprint density at radius 2 is 1.86 bits per heavy atom. The molecule has 0 unspecified atom stereocenters. The fourth-order valence-corrected chi connectivity index (χ4v) is 2.91. The van der Waals surface area contributed by atoms with Crippen molar-refractivity contribution in [3.63, 3.8) is 0 Å². The van der Waals surface area contributed by atoms with E-state index in [2.05, 4.69) is 10.0 Å². The molecule has 0 spiro atoms. The molecule has 1 amide bonds. The summed E-state index contributed by atoms with van der Waals surface area (Å²) in [6, 6.07) is 6.80. The number of hydrogen-bond donors (Lipinski definition) is 3. The van der Waals surface area contributed by atoms with Gasteiger partial charge in [0, 0.05) is 24.2 Å². The zero-order valence-corrected chi connectivity index (χ0v) is 13.5. The Bertz CT molecular complexity index is 592. The highest BCUT2D eigenvalue weighted by Crippen LogP contribution is 2.13. The second-order valence-corrected chi connectivity index (χ2v) is 7.71. The fourth-order valence-electron chi connectivity index (χ4n) is 1.72. The summed E-state index contributed by atoms with van der Waals surface area (Å²) in [6.45, 7) is 5.67. The van der Waals surface area contributed by atoms with Crippen LogP contribution in [0.3, 0.4) is 0 Å². The molecule has 0 aromatic heterocycles. The highest BCUT2D eigenvalue weighted by molar-refractivity contribution is 7.88. The maximum atomic E-state index is 11.9. The first-order valence-electron chi connectivity index (χ1n) is 6.71. The zero-order valence-electron chi connectivity index (χ0n) is 12.6. The molecule has 0 heterocycles. The van der Waals surface area contributed by atoms with Crippen LogP contribution in [-0.4, -0.2) is 26.4 Å². The van der Waals surface area contributed by atoms with Crippen molar-refractivity contribution in [2.24, 2.45) is 0 Å². The first-order valence-corrected chi connectivity index (χ1v) is 8.36. The van der Waals surface area contributed by atoms with E-state index in [1.165, 1.54) is 0 Å². The molecule has 6 nitrogen and oxygen atoms in total. The minimum Gasteiger partial charge on any atom is -0.398 e. The van der Waals surface area contributed by atoms with Gasteiger partial charge in [-0.3, -0.25) is 4.79 Å². The van der Waals surface area contributed by atoms with Crippen molar-refractivity contribution >= 4 is 21.6 Å². The van der Waals surface area contributed by atoms with Crippen LogP contribution in [0.15, 0.2) is 24.3 Å². The van der Waals surface area contributed by atoms with E-state index in [0.29, 0.717) is 11.3 Å². The number of anilines is 1. The van der Waals surface area contributed by atoms with Crippen LogP contribution in [0, 0.1) is 0 Å². The average Bonchev–Trinajstić information content (AvgIpc) is 2.29. The van der Waals surface area contributed by atoms with Gasteiger partial charge in [-0.25, -0.2) is 13.1 Å². The van der Waals surface area contributed by atoms with Crippen molar-refractivity contribution in [2.45, 2.75) is 38.5 Å². The molecule has 21 heavy (non-hydrogen) atoms. The number of amides is 1. The van der Waals surface area contributed by atoms with Gasteiger partial charge in [-0.2, -0.15) is 0 Å². The molecule has 0 fully saturated rings. The van der Waals surface area contributed by atoms with Crippen molar-refractivity contribution in [1.82, 2.24) is 10.0 Å². The van der Waals surface area contributed by atoms with E-state index in [1.807, 2.05) is 20.8 Å². The van der Waals surface area contributed by atoms with Crippen molar-refractivity contribution in [2.75, 3.05) is 12.3 Å². The number of hydrogen-bond acceptors (Lipinski definition) is 4. The summed E-state index contributed by atoms with van der Waals surface area (Å²) in [5, 5.41) is 2.77. The van der Waals surface area contributed by atoms with E-state index >= 15 is 0 Å². The monoisotopic (exact) mass is 313 g/mol. The van der Waals surface area contributed by atoms with Gasteiger partial charge in [0.1, 0.15) is 0 Å². The van der Waals surface area contributed by atoms with Crippen LogP contribution in [0.25, 0.3) is 0 Å². The zero-order chi connectivity index (χ0) is 16.1. The third kappa shape index (κ3) is 7.10. The van der Waals surface area contributed by atoms with E-state index in [9.17, 15) is 13.2 Å². The predicted octanol–water partition coefficient (Wildman–Crippen LogP) is 0.993. The number of sulfonamides is 1. The molecule has 1 aromatic carbocycles. The minimum absolute atomic E-state index is 0.0665. The Morgan fingerprint density at radius 1 is 1.24 bits per heavy atom. The summed E-state index contributed by atoms with van der Waals surface area (Å²) in [6.07, 6.45) is 0.0980. The second kappa shape index (κ2) is 6.91. The molecule has 118 valence electrons. The lowest BCUT2D eigenvalue weighted by molar-refractivity contribution is -0.122. The largest absolute Gasteiger partial charge is 0.398 e. The number of nitrogens with two attached hydrogens (primary N) is 1. The van der Waals surface area contributed by atoms with Gasteiger partial charge in [-0.05, 0) is 32.4 Å². The van der Waals surface area contributed by atoms with Crippen molar-refractivity contribution < 1.29 is 13.2 Å². The Kier molecular flexibility index (Phi) is 5.74. The summed E-state index contributed by atoms with van der Waals surface area (Å²) in [4.78, 5) is 11.6. The highest BCUT2D eigenvalue weighted by atomic mass is 32.2. The lowest BCUT2D eigenvalue weighted by atomic mass is 10.1. The summed E-state index contributed by atoms with van der Waals surface area (Å²) < 4.78 is 26.2. The molecule has 4 N–H and O–H groups in total. The van der Waals surface area contributed by atoms with Crippen molar-refractivity contribution in [1.29, 1.82) is 0 Å². The fraction of sp³-hybridized carbons (Fsp3) is 0.500. The third-order valence-electron chi connectivity index (χ3n) is 2.59. The molecule has 0 aliphatic rings. The van der Waals surface area contributed by atoms with Crippen molar-refractivity contribution in [3.8, 4) is 0 Å². The number of para-hydroxylation sites is 1. The van der Waals surface area contributed by atoms with Crippen LogP contribution < -0.4 is 15.8 Å². The average molecular weight is 313 g/mol. The van der Waals surface area contributed by atoms with Crippen LogP contribution in [-0.2, 0) is 20.6 Å². The number of nitrogens with one attached hydrogen (secondary N) is 2. The van der Waals surface area contributed by atoms with Gasteiger partial charge >= 0.3 is 0 Å². The van der Waals surface area contributed by atoms with E-state index in [-0.39, 0.29) is 30.2 Å². The molecular formula is C14H23N3O3S. The van der Waals surface area contributed by atoms with Crippen LogP contribution in [0.2, 0.25) is 0 Å². The molecule has 0 bridgehead atoms. The Hall–Kier alpha value is -1.60. The third-order valence-corrected chi connectivity index (χ3v) is 3.92. The predicted molar refractivity (Wildman–Crippen MR) is 84.0 cm³/mol. The SMILES string of the molecule is CC(C)(C)NC(=O)CCNS(=O)(=O)Cc1ccccc1N. The normalized spacial score (nSPS) is 12.1. The summed E-state index contributed by atoms with van der Waals surface area (Å²) in [5.41, 5.74) is 6.38. The number of carbonyl (C=O) groups is 1. The van der Waals surface area contributed by atoms with Crippen LogP contribution in [0.1, 0.15) is 32.8 Å². The van der Waals surface area contributed by atoms with Gasteiger partial charge in [0.15, 0.2) is 0 Å². The van der Waals surface area contributed by atoms with Gasteiger partial charge in [0.25, 0.3) is 0 Å². The van der Waals surface area contributed by atoms with Crippen molar-refractivity contribution in [3.05, 3.63) is 29.8 Å². The summed E-state index contributed by atoms with van der Waals surface area (Å²) in [7, 11) is -3.51. The van der Waals surface area contributed by atoms with Gasteiger partial charge in [-0.15, -0.1) is 0 Å². The highest BCUT2D eigenvalue weighted by Gasteiger charge is 2.16. The van der Waals surface area contributed by atoms with Gasteiger partial charge in [0.05, 0.1) is 5.75 Å². The molecule has 1 rings (SSSR count). The smallest absolute Gasteiger partial charge is 0.221 e. The molecule has 0 aliphatic heterocycles. The Morgan fingerprint density at radius 3 is 2.43 bits per heavy atom. The topological polar surface area (TPSA) is 101 Å². The molecule has 7 heteroatoms. The number of carbonyl (C=O) groups excluding carboxylic acids is 1. The van der Waals surface area contributed by atoms with Gasteiger partial charge < -0.3 is 11.1 Å². The molecule has 0 aliphatic carbocycles. The second-order valence-electron chi connectivity index (χ2n) is 5.90. The molecular weight excluding hydrogens is 290 g/mol. The first kappa shape index (κ1) is 17.5. The molecule has 0 radical (unpaired) electrons. The first-order chi connectivity index (χ1) is 9.59. The Labute approximate surface area is 126 Å². The lowest BCUT2D eigenvalue weighted by Gasteiger charge is -2.20. The van der Waals surface area contributed by atoms with Gasteiger partial charge in [0.2, 0.25) is 15.9 Å². The molecule has 0 saturated carbocycles. The summed E-state index contributed by atoms with van der Waals surface area (Å²) >= 11 is 0. The molecule has 0 atom stereocenters. The van der Waals surface area contributed by atoms with E-state index in [0.717, 1.165) is 0 Å². The van der Waals surface area contributed by atoms with E-state index in [1.54, 1.807) is 24.3 Å². The summed E-state index contributed by atoms with van der Waals surface area (Å²) in [5.74, 6) is -0.384. The quantitative estimate of drug-likeness (QED) is 0.682. The lowest BCUT2D eigenvalue weighted by Crippen LogP contribution is -2.42. The van der Waals surface area contributed by atoms with Crippen LogP contribution >= 0.6 is 0 Å². The molecule has 1 aromatic rings. The van der Waals surface area contributed by atoms with E-state index in [4.69, 9.17) is 5.73 Å². The van der Waals surface area contributed by atoms with Crippen LogP contribution in [0.4, 0.5) is 5.69 Å². The number of benzene rings is 1. The number of rotatable bonds is 6. The minimum atomic E-state index is -3.51. The van der Waals surface area contributed by atoms with Crippen LogP contribution in [0.5, 0.6) is 0 Å². The van der Waals surface area contributed by atoms with Gasteiger partial charge in [-0.1, -0.05) is 18.2 Å². The van der Waals surface area contributed by atoms with E-state index < -0.39 is 10.0 Å². The Balaban J connectivity index is 2.48. The number of nitrogen functional groups attached to an aromatic ring is 1. The maximum absolute atomic E-state index is 11.9. The maximum Gasteiger partial charge on any atom is 0.221 e. The molecule has 0 saturated heterocycles.